The molecule has 1 aliphatic heterocycles. The maximum Gasteiger partial charge on any atom is 0.379 e. The lowest BCUT2D eigenvalue weighted by molar-refractivity contribution is -0.139. The first-order chi connectivity index (χ1) is 18.0. The van der Waals surface area contributed by atoms with E-state index < -0.39 is 18.0 Å². The summed E-state index contributed by atoms with van der Waals surface area (Å²) in [5.41, 5.74) is 2.12. The van der Waals surface area contributed by atoms with Gasteiger partial charge in [0, 0.05) is 0 Å². The second kappa shape index (κ2) is 10.2. The second-order valence-electron chi connectivity index (χ2n) is 8.15. The molecule has 0 bridgehead atoms. The van der Waals surface area contributed by atoms with E-state index >= 15 is 0 Å². The van der Waals surface area contributed by atoms with Crippen LogP contribution < -0.4 is 19.6 Å². The van der Waals surface area contributed by atoms with E-state index in [-0.39, 0.29) is 17.9 Å². The Balaban J connectivity index is 1.52. The number of hydrogen-bond donors (Lipinski definition) is 0. The molecule has 5 rings (SSSR count). The monoisotopic (exact) mass is 514 g/mol. The maximum atomic E-state index is 13.6. The smallest absolute Gasteiger partial charge is 0.379 e. The molecule has 0 radical (unpaired) electrons. The Morgan fingerprint density at radius 3 is 2.49 bits per heavy atom. The third-order valence-electron chi connectivity index (χ3n) is 5.74. The fourth-order valence-corrected chi connectivity index (χ4v) is 5.12. The van der Waals surface area contributed by atoms with Crippen LogP contribution in [0.1, 0.15) is 41.6 Å². The third kappa shape index (κ3) is 4.81. The van der Waals surface area contributed by atoms with Crippen LogP contribution in [0.4, 0.5) is 0 Å². The SMILES string of the molecule is CCOC(=O)C1=C(C)N=c2s/c(=C\c3ccc(OC(=O)c4ccco4)cc3)c(=O)n2[C@H]1c1ccccc1. The number of allylic oxidation sites excluding steroid dienone is 1. The Labute approximate surface area is 215 Å². The average molecular weight is 515 g/mol. The van der Waals surface area contributed by atoms with Gasteiger partial charge in [-0.25, -0.2) is 14.6 Å². The number of ether oxygens (including phenoxy) is 2. The van der Waals surface area contributed by atoms with E-state index in [0.29, 0.717) is 26.4 Å². The van der Waals surface area contributed by atoms with Gasteiger partial charge in [0.05, 0.1) is 34.7 Å². The van der Waals surface area contributed by atoms with Gasteiger partial charge in [0.25, 0.3) is 5.56 Å². The highest BCUT2D eigenvalue weighted by atomic mass is 32.1. The summed E-state index contributed by atoms with van der Waals surface area (Å²) in [6.07, 6.45) is 3.14. The number of benzene rings is 2. The molecular weight excluding hydrogens is 492 g/mol. The van der Waals surface area contributed by atoms with Gasteiger partial charge in [0.2, 0.25) is 5.76 Å². The number of carbonyl (C=O) groups is 2. The predicted octanol–water partition coefficient (Wildman–Crippen LogP) is 3.61. The number of furan rings is 1. The molecule has 0 N–H and O–H groups in total. The Kier molecular flexibility index (Phi) is 6.70. The molecule has 0 aliphatic carbocycles. The van der Waals surface area contributed by atoms with Gasteiger partial charge >= 0.3 is 11.9 Å². The van der Waals surface area contributed by atoms with Crippen molar-refractivity contribution < 1.29 is 23.5 Å². The molecule has 0 saturated heterocycles. The first-order valence-corrected chi connectivity index (χ1v) is 12.4. The normalized spacial score (nSPS) is 15.2. The van der Waals surface area contributed by atoms with Gasteiger partial charge in [-0.15, -0.1) is 0 Å². The number of aromatic nitrogens is 1. The standard InChI is InChI=1S/C28H22N2O6S/c1-3-34-27(33)23-17(2)29-28-30(24(23)19-8-5-4-6-9-19)25(31)22(37-28)16-18-11-13-20(14-12-18)36-26(32)21-10-7-15-35-21/h4-16,24H,3H2,1-2H3/b22-16-/t24-/m0/s1. The molecule has 0 saturated carbocycles. The molecule has 0 spiro atoms. The first-order valence-electron chi connectivity index (χ1n) is 11.6. The van der Waals surface area contributed by atoms with Crippen LogP contribution >= 0.6 is 11.3 Å². The summed E-state index contributed by atoms with van der Waals surface area (Å²) < 4.78 is 17.7. The van der Waals surface area contributed by atoms with Crippen LogP contribution in [0.5, 0.6) is 5.75 Å². The lowest BCUT2D eigenvalue weighted by Gasteiger charge is -2.24. The predicted molar refractivity (Wildman–Crippen MR) is 137 cm³/mol. The number of rotatable bonds is 6. The number of carbonyl (C=O) groups excluding carboxylic acids is 2. The summed E-state index contributed by atoms with van der Waals surface area (Å²) >= 11 is 1.24. The molecule has 1 atom stereocenters. The largest absolute Gasteiger partial charge is 0.463 e. The zero-order valence-electron chi connectivity index (χ0n) is 20.0. The van der Waals surface area contributed by atoms with Crippen molar-refractivity contribution >= 4 is 29.4 Å². The first kappa shape index (κ1) is 24.2. The molecule has 3 heterocycles. The molecule has 9 heteroatoms. The van der Waals surface area contributed by atoms with E-state index in [0.717, 1.165) is 11.1 Å². The van der Waals surface area contributed by atoms with Gasteiger partial charge in [-0.05, 0) is 55.3 Å². The summed E-state index contributed by atoms with van der Waals surface area (Å²) in [5.74, 6) is -0.638. The molecule has 4 aromatic rings. The summed E-state index contributed by atoms with van der Waals surface area (Å²) in [7, 11) is 0. The quantitative estimate of drug-likeness (QED) is 0.288. The van der Waals surface area contributed by atoms with E-state index in [9.17, 15) is 14.4 Å². The van der Waals surface area contributed by atoms with Crippen LogP contribution in [-0.2, 0) is 9.53 Å². The lowest BCUT2D eigenvalue weighted by atomic mass is 9.96. The Morgan fingerprint density at radius 2 is 1.81 bits per heavy atom. The number of nitrogens with zero attached hydrogens (tertiary/aromatic N) is 2. The highest BCUT2D eigenvalue weighted by Crippen LogP contribution is 2.30. The molecule has 0 fully saturated rings. The van der Waals surface area contributed by atoms with Crippen LogP contribution in [0.25, 0.3) is 6.08 Å². The van der Waals surface area contributed by atoms with Crippen LogP contribution in [0.2, 0.25) is 0 Å². The molecule has 2 aromatic heterocycles. The molecule has 8 nitrogen and oxygen atoms in total. The van der Waals surface area contributed by atoms with E-state index in [2.05, 4.69) is 4.99 Å². The van der Waals surface area contributed by atoms with E-state index in [1.165, 1.54) is 23.7 Å². The Bertz CT molecular complexity index is 1660. The zero-order chi connectivity index (χ0) is 25.9. The third-order valence-corrected chi connectivity index (χ3v) is 6.73. The highest BCUT2D eigenvalue weighted by molar-refractivity contribution is 7.07. The van der Waals surface area contributed by atoms with Gasteiger partial charge in [-0.2, -0.15) is 0 Å². The van der Waals surface area contributed by atoms with Crippen molar-refractivity contribution in [3.63, 3.8) is 0 Å². The van der Waals surface area contributed by atoms with Crippen LogP contribution in [0.3, 0.4) is 0 Å². The van der Waals surface area contributed by atoms with Crippen molar-refractivity contribution in [2.75, 3.05) is 6.61 Å². The van der Waals surface area contributed by atoms with Gasteiger partial charge in [-0.1, -0.05) is 53.8 Å². The fraction of sp³-hybridized carbons (Fsp3) is 0.143. The van der Waals surface area contributed by atoms with Crippen molar-refractivity contribution in [2.45, 2.75) is 19.9 Å². The topological polar surface area (TPSA) is 100 Å². The Hall–Kier alpha value is -4.50. The number of thiazole rings is 1. The fourth-order valence-electron chi connectivity index (χ4n) is 4.08. The molecular formula is C28H22N2O6S. The summed E-state index contributed by atoms with van der Waals surface area (Å²) in [6, 6.07) is 18.6. The van der Waals surface area contributed by atoms with E-state index in [4.69, 9.17) is 13.9 Å². The van der Waals surface area contributed by atoms with Crippen molar-refractivity contribution in [3.8, 4) is 5.75 Å². The van der Waals surface area contributed by atoms with Crippen molar-refractivity contribution in [1.82, 2.24) is 4.57 Å². The summed E-state index contributed by atoms with van der Waals surface area (Å²) in [6.45, 7) is 3.71. The van der Waals surface area contributed by atoms with Crippen molar-refractivity contribution in [2.24, 2.45) is 4.99 Å². The van der Waals surface area contributed by atoms with Crippen LogP contribution in [-0.4, -0.2) is 23.1 Å². The summed E-state index contributed by atoms with van der Waals surface area (Å²) in [4.78, 5) is 43.7. The van der Waals surface area contributed by atoms with E-state index in [1.54, 1.807) is 54.8 Å². The van der Waals surface area contributed by atoms with Gasteiger partial charge in [-0.3, -0.25) is 9.36 Å². The van der Waals surface area contributed by atoms with Crippen molar-refractivity contribution in [3.05, 3.63) is 121 Å². The second-order valence-corrected chi connectivity index (χ2v) is 9.16. The molecule has 37 heavy (non-hydrogen) atoms. The zero-order valence-corrected chi connectivity index (χ0v) is 20.9. The highest BCUT2D eigenvalue weighted by Gasteiger charge is 2.33. The average Bonchev–Trinajstić information content (AvgIpc) is 3.54. The van der Waals surface area contributed by atoms with Crippen LogP contribution in [0, 0.1) is 0 Å². The maximum absolute atomic E-state index is 13.6. The molecule has 1 aliphatic rings. The van der Waals surface area contributed by atoms with Crippen molar-refractivity contribution in [1.29, 1.82) is 0 Å². The minimum Gasteiger partial charge on any atom is -0.463 e. The van der Waals surface area contributed by atoms with Crippen LogP contribution in [0.15, 0.2) is 98.5 Å². The number of hydrogen-bond acceptors (Lipinski definition) is 8. The summed E-state index contributed by atoms with van der Waals surface area (Å²) in [5, 5.41) is 0. The van der Waals surface area contributed by atoms with E-state index in [1.807, 2.05) is 30.3 Å². The molecule has 0 amide bonds. The number of esters is 2. The lowest BCUT2D eigenvalue weighted by Crippen LogP contribution is -2.39. The molecule has 186 valence electrons. The van der Waals surface area contributed by atoms with Gasteiger partial charge in [0.1, 0.15) is 5.75 Å². The Morgan fingerprint density at radius 1 is 1.05 bits per heavy atom. The minimum absolute atomic E-state index is 0.107. The minimum atomic E-state index is -0.651. The van der Waals surface area contributed by atoms with Gasteiger partial charge in [0.15, 0.2) is 4.80 Å². The van der Waals surface area contributed by atoms with Gasteiger partial charge < -0.3 is 13.9 Å². The molecule has 2 aromatic carbocycles. The number of fused-ring (bicyclic) bond motifs is 1. The molecule has 0 unspecified atom stereocenters.